The van der Waals surface area contributed by atoms with Gasteiger partial charge in [0.2, 0.25) is 5.78 Å². The van der Waals surface area contributed by atoms with E-state index in [-0.39, 0.29) is 12.3 Å². The lowest BCUT2D eigenvalue weighted by atomic mass is 9.83. The molecule has 0 radical (unpaired) electrons. The van der Waals surface area contributed by atoms with Crippen LogP contribution in [0.3, 0.4) is 0 Å². The average molecular weight is 349 g/mol. The monoisotopic (exact) mass is 349 g/mol. The zero-order chi connectivity index (χ0) is 18.2. The van der Waals surface area contributed by atoms with Gasteiger partial charge in [-0.05, 0) is 69.8 Å². The Kier molecular flexibility index (Phi) is 5.05. The summed E-state index contributed by atoms with van der Waals surface area (Å²) in [6, 6.07) is 3.89. The topological polar surface area (TPSA) is 38.8 Å². The number of hydrogen-bond acceptors (Lipinski definition) is 4. The molecule has 1 saturated heterocycles. The second kappa shape index (κ2) is 6.94. The molecular weight excluding hydrogens is 321 g/mol. The number of benzene rings is 1. The predicted molar refractivity (Wildman–Crippen MR) is 95.5 cm³/mol. The maximum absolute atomic E-state index is 15.6. The number of nitrogens with zero attached hydrogens (tertiary/aromatic N) is 1. The number of hydrogen-bond donors (Lipinski definition) is 0. The smallest absolute Gasteiger partial charge is 0.200 e. The average Bonchev–Trinajstić information content (AvgIpc) is 2.84. The van der Waals surface area contributed by atoms with E-state index in [1.54, 1.807) is 19.2 Å². The van der Waals surface area contributed by atoms with E-state index >= 15 is 4.39 Å². The van der Waals surface area contributed by atoms with E-state index in [0.29, 0.717) is 29.5 Å². The van der Waals surface area contributed by atoms with Crippen LogP contribution in [0.25, 0.3) is 0 Å². The van der Waals surface area contributed by atoms with Gasteiger partial charge in [0.1, 0.15) is 0 Å². The minimum atomic E-state index is -1.79. The largest absolute Gasteiger partial charge is 0.493 e. The first-order valence-electron chi connectivity index (χ1n) is 9.10. The van der Waals surface area contributed by atoms with E-state index in [2.05, 4.69) is 18.7 Å². The number of likely N-dealkylation sites (tertiary alicyclic amines) is 1. The SMILES string of the molecule is COc1cc2c(cc1OC)C(=O)C(F)(CC1CCN(C(C)C)CC1)C2. The summed E-state index contributed by atoms with van der Waals surface area (Å²) in [4.78, 5) is 15.2. The molecule has 1 fully saturated rings. The Morgan fingerprint density at radius 3 is 2.36 bits per heavy atom. The fourth-order valence-corrected chi connectivity index (χ4v) is 4.20. The second-order valence-electron chi connectivity index (χ2n) is 7.61. The maximum Gasteiger partial charge on any atom is 0.200 e. The van der Waals surface area contributed by atoms with Crippen LogP contribution in [-0.2, 0) is 6.42 Å². The fraction of sp³-hybridized carbons (Fsp3) is 0.650. The number of carbonyl (C=O) groups excluding carboxylic acids is 1. The highest BCUT2D eigenvalue weighted by atomic mass is 19.1. The fourth-order valence-electron chi connectivity index (χ4n) is 4.20. The van der Waals surface area contributed by atoms with Crippen molar-refractivity contribution in [1.29, 1.82) is 0 Å². The lowest BCUT2D eigenvalue weighted by Crippen LogP contribution is -2.41. The maximum atomic E-state index is 15.6. The number of fused-ring (bicyclic) bond motifs is 1. The molecule has 2 aliphatic rings. The van der Waals surface area contributed by atoms with Crippen LogP contribution in [0.4, 0.5) is 4.39 Å². The molecule has 0 spiro atoms. The first-order valence-corrected chi connectivity index (χ1v) is 9.10. The van der Waals surface area contributed by atoms with Gasteiger partial charge in [0.15, 0.2) is 17.2 Å². The Balaban J connectivity index is 1.74. The van der Waals surface area contributed by atoms with Gasteiger partial charge in [-0.1, -0.05) is 0 Å². The van der Waals surface area contributed by atoms with E-state index in [9.17, 15) is 4.79 Å². The first kappa shape index (κ1) is 18.2. The molecule has 1 aromatic rings. The van der Waals surface area contributed by atoms with Crippen LogP contribution in [0.15, 0.2) is 12.1 Å². The van der Waals surface area contributed by atoms with Crippen LogP contribution in [0.1, 0.15) is 49.0 Å². The minimum absolute atomic E-state index is 0.145. The molecule has 25 heavy (non-hydrogen) atoms. The van der Waals surface area contributed by atoms with Gasteiger partial charge in [-0.15, -0.1) is 0 Å². The summed E-state index contributed by atoms with van der Waals surface area (Å²) in [7, 11) is 3.07. The number of rotatable bonds is 5. The van der Waals surface area contributed by atoms with Gasteiger partial charge in [0.25, 0.3) is 0 Å². The van der Waals surface area contributed by atoms with Crippen molar-refractivity contribution in [3.8, 4) is 11.5 Å². The zero-order valence-corrected chi connectivity index (χ0v) is 15.6. The third-order valence-corrected chi connectivity index (χ3v) is 5.72. The standard InChI is InChI=1S/C20H28FNO3/c1-13(2)22-7-5-14(6-8-22)11-20(21)12-15-9-17(24-3)18(25-4)10-16(15)19(20)23/h9-10,13-14H,5-8,11-12H2,1-4H3. The van der Waals surface area contributed by atoms with E-state index in [4.69, 9.17) is 9.47 Å². The summed E-state index contributed by atoms with van der Waals surface area (Å²) in [5.74, 6) is 0.893. The van der Waals surface area contributed by atoms with Gasteiger partial charge in [0, 0.05) is 18.0 Å². The molecule has 4 nitrogen and oxygen atoms in total. The van der Waals surface area contributed by atoms with E-state index < -0.39 is 11.5 Å². The van der Waals surface area contributed by atoms with Crippen molar-refractivity contribution >= 4 is 5.78 Å². The summed E-state index contributed by atoms with van der Waals surface area (Å²) >= 11 is 0. The molecule has 0 saturated carbocycles. The van der Waals surface area contributed by atoms with E-state index in [1.165, 1.54) is 7.11 Å². The number of Topliss-reactive ketones (excluding diaryl/α,β-unsaturated/α-hetero) is 1. The molecule has 3 rings (SSSR count). The van der Waals surface area contributed by atoms with Gasteiger partial charge in [-0.2, -0.15) is 0 Å². The molecule has 0 amide bonds. The van der Waals surface area contributed by atoms with Crippen molar-refractivity contribution in [2.45, 2.75) is 51.2 Å². The molecule has 1 atom stereocenters. The third kappa shape index (κ3) is 3.39. The molecule has 5 heteroatoms. The lowest BCUT2D eigenvalue weighted by molar-refractivity contribution is 0.0571. The number of ether oxygens (including phenoxy) is 2. The number of alkyl halides is 1. The summed E-state index contributed by atoms with van der Waals surface area (Å²) in [5.41, 5.74) is -0.616. The Bertz CT molecular complexity index is 653. The van der Waals surface area contributed by atoms with Crippen LogP contribution in [0.2, 0.25) is 0 Å². The van der Waals surface area contributed by atoms with Crippen LogP contribution in [0.5, 0.6) is 11.5 Å². The van der Waals surface area contributed by atoms with Crippen LogP contribution in [-0.4, -0.2) is 49.7 Å². The summed E-state index contributed by atoms with van der Waals surface area (Å²) in [6.45, 7) is 6.35. The summed E-state index contributed by atoms with van der Waals surface area (Å²) < 4.78 is 26.1. The molecule has 1 aliphatic carbocycles. The second-order valence-corrected chi connectivity index (χ2v) is 7.61. The van der Waals surface area contributed by atoms with Gasteiger partial charge >= 0.3 is 0 Å². The van der Waals surface area contributed by atoms with Crippen LogP contribution >= 0.6 is 0 Å². The van der Waals surface area contributed by atoms with Gasteiger partial charge in [-0.25, -0.2) is 4.39 Å². The number of piperidine rings is 1. The number of ketones is 1. The Morgan fingerprint density at radius 1 is 1.20 bits per heavy atom. The number of halogens is 1. The van der Waals surface area contributed by atoms with Gasteiger partial charge < -0.3 is 14.4 Å². The van der Waals surface area contributed by atoms with Crippen molar-refractivity contribution in [1.82, 2.24) is 4.90 Å². The molecule has 0 N–H and O–H groups in total. The predicted octanol–water partition coefficient (Wildman–Crippen LogP) is 3.66. The lowest BCUT2D eigenvalue weighted by Gasteiger charge is -2.36. The molecule has 0 aromatic heterocycles. The van der Waals surface area contributed by atoms with Crippen molar-refractivity contribution in [2.24, 2.45) is 5.92 Å². The minimum Gasteiger partial charge on any atom is -0.493 e. The molecule has 1 aromatic carbocycles. The Morgan fingerprint density at radius 2 is 1.80 bits per heavy atom. The first-order chi connectivity index (χ1) is 11.9. The molecule has 1 unspecified atom stereocenters. The van der Waals surface area contributed by atoms with Crippen molar-refractivity contribution < 1.29 is 18.7 Å². The molecular formula is C20H28FNO3. The zero-order valence-electron chi connectivity index (χ0n) is 15.6. The highest BCUT2D eigenvalue weighted by Gasteiger charge is 2.48. The van der Waals surface area contributed by atoms with Crippen LogP contribution in [0, 0.1) is 5.92 Å². The molecule has 1 heterocycles. The Hall–Kier alpha value is -1.62. The van der Waals surface area contributed by atoms with Gasteiger partial charge in [-0.3, -0.25) is 4.79 Å². The number of methoxy groups -OCH3 is 2. The van der Waals surface area contributed by atoms with Crippen LogP contribution < -0.4 is 9.47 Å². The van der Waals surface area contributed by atoms with Crippen molar-refractivity contribution in [3.05, 3.63) is 23.3 Å². The summed E-state index contributed by atoms with van der Waals surface area (Å²) in [6.07, 6.45) is 2.38. The third-order valence-electron chi connectivity index (χ3n) is 5.72. The highest BCUT2D eigenvalue weighted by molar-refractivity contribution is 6.07. The van der Waals surface area contributed by atoms with Crippen molar-refractivity contribution in [3.63, 3.8) is 0 Å². The molecule has 0 bridgehead atoms. The summed E-state index contributed by atoms with van der Waals surface area (Å²) in [5, 5.41) is 0. The molecule has 138 valence electrons. The quantitative estimate of drug-likeness (QED) is 0.813. The van der Waals surface area contributed by atoms with E-state index in [0.717, 1.165) is 31.5 Å². The Labute approximate surface area is 149 Å². The highest BCUT2D eigenvalue weighted by Crippen LogP contribution is 2.43. The van der Waals surface area contributed by atoms with Crippen molar-refractivity contribution in [2.75, 3.05) is 27.3 Å². The van der Waals surface area contributed by atoms with E-state index in [1.807, 2.05) is 0 Å². The van der Waals surface area contributed by atoms with Gasteiger partial charge in [0.05, 0.1) is 14.2 Å². The molecule has 1 aliphatic heterocycles. The number of carbonyl (C=O) groups is 1. The normalized spacial score (nSPS) is 24.6.